The second-order valence-electron chi connectivity index (χ2n) is 5.15. The van der Waals surface area contributed by atoms with Crippen LogP contribution >= 0.6 is 11.6 Å². The Kier molecular flexibility index (Phi) is 6.75. The molecule has 128 valence electrons. The number of carbonyl (C=O) groups is 1. The van der Waals surface area contributed by atoms with Crippen LogP contribution in [0.15, 0.2) is 42.5 Å². The van der Waals surface area contributed by atoms with Gasteiger partial charge < -0.3 is 20.1 Å². The molecule has 0 aliphatic carbocycles. The lowest BCUT2D eigenvalue weighted by atomic mass is 10.2. The first-order chi connectivity index (χ1) is 11.6. The van der Waals surface area contributed by atoms with Crippen LogP contribution in [0.1, 0.15) is 12.0 Å². The number of nitrogens with one attached hydrogen (secondary N) is 2. The molecule has 2 aromatic carbocycles. The van der Waals surface area contributed by atoms with Crippen molar-refractivity contribution in [3.05, 3.63) is 53.1 Å². The summed E-state index contributed by atoms with van der Waals surface area (Å²) in [7, 11) is 3.17. The Hall–Kier alpha value is -2.40. The molecule has 0 unspecified atom stereocenters. The number of carbonyl (C=O) groups excluding carboxylic acids is 1. The van der Waals surface area contributed by atoms with Crippen molar-refractivity contribution >= 4 is 23.2 Å². The van der Waals surface area contributed by atoms with Crippen molar-refractivity contribution in [2.45, 2.75) is 13.0 Å². The van der Waals surface area contributed by atoms with Crippen LogP contribution in [0.2, 0.25) is 5.02 Å². The van der Waals surface area contributed by atoms with E-state index in [1.807, 2.05) is 42.5 Å². The van der Waals surface area contributed by atoms with Gasteiger partial charge in [0, 0.05) is 30.2 Å². The molecule has 0 saturated carbocycles. The van der Waals surface area contributed by atoms with Gasteiger partial charge in [0.1, 0.15) is 0 Å². The first kappa shape index (κ1) is 17.9. The number of methoxy groups -OCH3 is 2. The summed E-state index contributed by atoms with van der Waals surface area (Å²) in [5.74, 6) is 1.28. The molecule has 0 saturated heterocycles. The lowest BCUT2D eigenvalue weighted by molar-refractivity contribution is -0.121. The molecule has 1 amide bonds. The molecule has 0 heterocycles. The SMILES string of the molecule is COc1ccc(CNC(=O)CCNc2cccc(Cl)c2)cc1OC. The fraction of sp³-hybridized carbons (Fsp3) is 0.278. The van der Waals surface area contributed by atoms with Gasteiger partial charge in [-0.1, -0.05) is 23.7 Å². The largest absolute Gasteiger partial charge is 0.493 e. The highest BCUT2D eigenvalue weighted by Crippen LogP contribution is 2.27. The summed E-state index contributed by atoms with van der Waals surface area (Å²) < 4.78 is 10.4. The van der Waals surface area contributed by atoms with Crippen LogP contribution < -0.4 is 20.1 Å². The predicted molar refractivity (Wildman–Crippen MR) is 96.0 cm³/mol. The maximum absolute atomic E-state index is 11.9. The summed E-state index contributed by atoms with van der Waals surface area (Å²) >= 11 is 5.91. The highest BCUT2D eigenvalue weighted by atomic mass is 35.5. The highest BCUT2D eigenvalue weighted by Gasteiger charge is 2.06. The minimum absolute atomic E-state index is 0.0284. The van der Waals surface area contributed by atoms with E-state index < -0.39 is 0 Å². The lowest BCUT2D eigenvalue weighted by Crippen LogP contribution is -2.24. The van der Waals surface area contributed by atoms with Crippen molar-refractivity contribution in [3.8, 4) is 11.5 Å². The van der Waals surface area contributed by atoms with Gasteiger partial charge in [-0.25, -0.2) is 0 Å². The fourth-order valence-corrected chi connectivity index (χ4v) is 2.39. The van der Waals surface area contributed by atoms with Crippen molar-refractivity contribution in [1.29, 1.82) is 0 Å². The first-order valence-electron chi connectivity index (χ1n) is 7.59. The minimum Gasteiger partial charge on any atom is -0.493 e. The number of amides is 1. The average Bonchev–Trinajstić information content (AvgIpc) is 2.59. The molecule has 0 fully saturated rings. The lowest BCUT2D eigenvalue weighted by Gasteiger charge is -2.11. The number of anilines is 1. The summed E-state index contributed by atoms with van der Waals surface area (Å²) in [5.41, 5.74) is 1.85. The van der Waals surface area contributed by atoms with E-state index in [0.717, 1.165) is 11.3 Å². The molecule has 2 N–H and O–H groups in total. The second kappa shape index (κ2) is 9.03. The molecule has 0 spiro atoms. The van der Waals surface area contributed by atoms with Gasteiger partial charge in [0.2, 0.25) is 5.91 Å². The Bertz CT molecular complexity index is 692. The van der Waals surface area contributed by atoms with Gasteiger partial charge in [0.05, 0.1) is 14.2 Å². The normalized spacial score (nSPS) is 10.1. The number of hydrogen-bond acceptors (Lipinski definition) is 4. The van der Waals surface area contributed by atoms with Crippen LogP contribution in [-0.4, -0.2) is 26.7 Å². The zero-order chi connectivity index (χ0) is 17.4. The molecule has 5 nitrogen and oxygen atoms in total. The van der Waals surface area contributed by atoms with Crippen LogP contribution in [-0.2, 0) is 11.3 Å². The van der Waals surface area contributed by atoms with E-state index in [4.69, 9.17) is 21.1 Å². The van der Waals surface area contributed by atoms with Crippen molar-refractivity contribution in [2.75, 3.05) is 26.1 Å². The Morgan fingerprint density at radius 2 is 1.88 bits per heavy atom. The molecular weight excluding hydrogens is 328 g/mol. The van der Waals surface area contributed by atoms with Crippen LogP contribution in [0, 0.1) is 0 Å². The van der Waals surface area contributed by atoms with Crippen LogP contribution in [0.5, 0.6) is 11.5 Å². The van der Waals surface area contributed by atoms with Gasteiger partial charge in [-0.2, -0.15) is 0 Å². The van der Waals surface area contributed by atoms with Gasteiger partial charge in [-0.05, 0) is 35.9 Å². The van der Waals surface area contributed by atoms with Crippen LogP contribution in [0.3, 0.4) is 0 Å². The highest BCUT2D eigenvalue weighted by molar-refractivity contribution is 6.30. The third kappa shape index (κ3) is 5.35. The zero-order valence-corrected chi connectivity index (χ0v) is 14.5. The number of rotatable bonds is 8. The summed E-state index contributed by atoms with van der Waals surface area (Å²) in [6.45, 7) is 0.981. The average molecular weight is 349 g/mol. The summed E-state index contributed by atoms with van der Waals surface area (Å²) in [6, 6.07) is 13.0. The Balaban J connectivity index is 1.77. The standard InChI is InChI=1S/C18H21ClN2O3/c1-23-16-7-6-13(10-17(16)24-2)12-21-18(22)8-9-20-15-5-3-4-14(19)11-15/h3-7,10-11,20H,8-9,12H2,1-2H3,(H,21,22). The third-order valence-electron chi connectivity index (χ3n) is 3.44. The van der Waals surface area contributed by atoms with Gasteiger partial charge in [0.15, 0.2) is 11.5 Å². The number of hydrogen-bond donors (Lipinski definition) is 2. The molecule has 0 bridgehead atoms. The van der Waals surface area contributed by atoms with E-state index in [1.165, 1.54) is 0 Å². The molecule has 24 heavy (non-hydrogen) atoms. The molecule has 0 radical (unpaired) electrons. The van der Waals surface area contributed by atoms with Crippen molar-refractivity contribution in [1.82, 2.24) is 5.32 Å². The zero-order valence-electron chi connectivity index (χ0n) is 13.8. The molecule has 0 aliphatic rings. The van der Waals surface area contributed by atoms with Crippen molar-refractivity contribution in [2.24, 2.45) is 0 Å². The second-order valence-corrected chi connectivity index (χ2v) is 5.59. The Labute approximate surface area is 146 Å². The van der Waals surface area contributed by atoms with Crippen molar-refractivity contribution < 1.29 is 14.3 Å². The fourth-order valence-electron chi connectivity index (χ4n) is 2.20. The van der Waals surface area contributed by atoms with Gasteiger partial charge in [-0.15, -0.1) is 0 Å². The van der Waals surface area contributed by atoms with Crippen LogP contribution in [0.4, 0.5) is 5.69 Å². The molecule has 6 heteroatoms. The Morgan fingerprint density at radius 1 is 1.08 bits per heavy atom. The third-order valence-corrected chi connectivity index (χ3v) is 3.68. The van der Waals surface area contributed by atoms with Crippen LogP contribution in [0.25, 0.3) is 0 Å². The van der Waals surface area contributed by atoms with E-state index >= 15 is 0 Å². The van der Waals surface area contributed by atoms with E-state index in [1.54, 1.807) is 14.2 Å². The van der Waals surface area contributed by atoms with E-state index in [2.05, 4.69) is 10.6 Å². The molecule has 0 aromatic heterocycles. The van der Waals surface area contributed by atoms with Gasteiger partial charge >= 0.3 is 0 Å². The van der Waals surface area contributed by atoms with E-state index in [-0.39, 0.29) is 5.91 Å². The maximum atomic E-state index is 11.9. The molecule has 0 atom stereocenters. The maximum Gasteiger partial charge on any atom is 0.222 e. The van der Waals surface area contributed by atoms with Crippen molar-refractivity contribution in [3.63, 3.8) is 0 Å². The predicted octanol–water partition coefficient (Wildman–Crippen LogP) is 3.48. The number of halogens is 1. The monoisotopic (exact) mass is 348 g/mol. The molecule has 2 rings (SSSR count). The quantitative estimate of drug-likeness (QED) is 0.766. The molecule has 0 aliphatic heterocycles. The first-order valence-corrected chi connectivity index (χ1v) is 7.97. The van der Waals surface area contributed by atoms with E-state index in [9.17, 15) is 4.79 Å². The summed E-state index contributed by atoms with van der Waals surface area (Å²) in [5, 5.41) is 6.71. The van der Waals surface area contributed by atoms with E-state index in [0.29, 0.717) is 36.0 Å². The summed E-state index contributed by atoms with van der Waals surface area (Å²) in [6.07, 6.45) is 0.375. The van der Waals surface area contributed by atoms with Gasteiger partial charge in [-0.3, -0.25) is 4.79 Å². The Morgan fingerprint density at radius 3 is 2.58 bits per heavy atom. The van der Waals surface area contributed by atoms with Gasteiger partial charge in [0.25, 0.3) is 0 Å². The number of ether oxygens (including phenoxy) is 2. The summed E-state index contributed by atoms with van der Waals surface area (Å²) in [4.78, 5) is 11.9. The number of benzene rings is 2. The smallest absolute Gasteiger partial charge is 0.222 e. The minimum atomic E-state index is -0.0284. The molecular formula is C18H21ClN2O3. The molecule has 2 aromatic rings. The topological polar surface area (TPSA) is 59.6 Å².